The lowest BCUT2D eigenvalue weighted by Gasteiger charge is -2.20. The molecular weight excluding hydrogens is 257 g/mol. The zero-order chi connectivity index (χ0) is 13.8. The maximum absolute atomic E-state index is 13.6. The quantitative estimate of drug-likeness (QED) is 0.850. The van der Waals surface area contributed by atoms with Gasteiger partial charge < -0.3 is 5.32 Å². The minimum atomic E-state index is -0.128. The Bertz CT molecular complexity index is 522. The van der Waals surface area contributed by atoms with Crippen LogP contribution in [0, 0.1) is 12.7 Å². The normalized spacial score (nSPS) is 14.3. The van der Waals surface area contributed by atoms with Crippen LogP contribution < -0.4 is 5.32 Å². The molecule has 1 heterocycles. The lowest BCUT2D eigenvalue weighted by atomic mass is 10.0. The molecule has 0 radical (unpaired) electrons. The summed E-state index contributed by atoms with van der Waals surface area (Å²) in [5.74, 6) is -0.128. The summed E-state index contributed by atoms with van der Waals surface area (Å²) >= 11 is 1.78. The Balaban J connectivity index is 1.96. The number of hydrogen-bond acceptors (Lipinski definition) is 2. The van der Waals surface area contributed by atoms with E-state index >= 15 is 0 Å². The number of thiophene rings is 1. The first-order valence-electron chi connectivity index (χ1n) is 6.60. The van der Waals surface area contributed by atoms with E-state index in [9.17, 15) is 4.39 Å². The van der Waals surface area contributed by atoms with Crippen molar-refractivity contribution in [1.29, 1.82) is 0 Å². The summed E-state index contributed by atoms with van der Waals surface area (Å²) in [5, 5.41) is 5.62. The van der Waals surface area contributed by atoms with E-state index in [1.807, 2.05) is 12.1 Å². The fraction of sp³-hybridized carbons (Fsp3) is 0.375. The van der Waals surface area contributed by atoms with Gasteiger partial charge in [0.05, 0.1) is 0 Å². The molecule has 0 spiro atoms. The number of aryl methyl sites for hydroxylation is 1. The van der Waals surface area contributed by atoms with Crippen LogP contribution in [0.25, 0.3) is 0 Å². The first kappa shape index (κ1) is 14.2. The van der Waals surface area contributed by atoms with Gasteiger partial charge in [0, 0.05) is 17.0 Å². The fourth-order valence-electron chi connectivity index (χ4n) is 2.19. The van der Waals surface area contributed by atoms with E-state index in [1.165, 1.54) is 4.88 Å². The average molecular weight is 277 g/mol. The van der Waals surface area contributed by atoms with Crippen LogP contribution in [0.4, 0.5) is 4.39 Å². The molecule has 2 aromatic rings. The highest BCUT2D eigenvalue weighted by molar-refractivity contribution is 7.09. The molecule has 0 fully saturated rings. The molecule has 0 amide bonds. The van der Waals surface area contributed by atoms with Gasteiger partial charge in [0.15, 0.2) is 0 Å². The first-order chi connectivity index (χ1) is 9.06. The molecule has 19 heavy (non-hydrogen) atoms. The lowest BCUT2D eigenvalue weighted by molar-refractivity contribution is 0.476. The van der Waals surface area contributed by atoms with Crippen molar-refractivity contribution in [1.82, 2.24) is 5.32 Å². The second kappa shape index (κ2) is 6.31. The minimum Gasteiger partial charge on any atom is -0.307 e. The Hall–Kier alpha value is -1.19. The fourth-order valence-corrected chi connectivity index (χ4v) is 3.03. The van der Waals surface area contributed by atoms with Crippen LogP contribution in [0.1, 0.15) is 35.9 Å². The minimum absolute atomic E-state index is 0.128. The second-order valence-corrected chi connectivity index (χ2v) is 6.11. The molecule has 102 valence electrons. The smallest absolute Gasteiger partial charge is 0.126 e. The summed E-state index contributed by atoms with van der Waals surface area (Å²) < 4.78 is 13.6. The molecule has 1 nitrogen and oxygen atoms in total. The lowest BCUT2D eigenvalue weighted by Crippen LogP contribution is -2.30. The molecule has 0 aliphatic rings. The van der Waals surface area contributed by atoms with E-state index in [1.54, 1.807) is 24.3 Å². The van der Waals surface area contributed by atoms with E-state index in [0.29, 0.717) is 11.6 Å². The van der Waals surface area contributed by atoms with Gasteiger partial charge in [0.25, 0.3) is 0 Å². The zero-order valence-electron chi connectivity index (χ0n) is 11.6. The molecule has 0 saturated carbocycles. The SMILES string of the molecule is Cc1ccc(C(C)NC(C)Cc2cccs2)cc1F. The highest BCUT2D eigenvalue weighted by atomic mass is 32.1. The summed E-state index contributed by atoms with van der Waals surface area (Å²) in [6.45, 7) is 6.03. The number of rotatable bonds is 5. The standard InChI is InChI=1S/C16H20FNS/c1-11-6-7-14(10-16(11)17)13(3)18-12(2)9-15-5-4-8-19-15/h4-8,10,12-13,18H,9H2,1-3H3. The molecule has 0 aliphatic heterocycles. The van der Waals surface area contributed by atoms with E-state index in [2.05, 4.69) is 36.7 Å². The molecule has 0 bridgehead atoms. The highest BCUT2D eigenvalue weighted by Crippen LogP contribution is 2.18. The maximum atomic E-state index is 13.6. The van der Waals surface area contributed by atoms with E-state index in [4.69, 9.17) is 0 Å². The number of benzene rings is 1. The van der Waals surface area contributed by atoms with Crippen molar-refractivity contribution in [2.24, 2.45) is 0 Å². The van der Waals surface area contributed by atoms with Gasteiger partial charge in [-0.1, -0.05) is 18.2 Å². The third-order valence-electron chi connectivity index (χ3n) is 3.32. The molecule has 2 atom stereocenters. The van der Waals surface area contributed by atoms with Crippen molar-refractivity contribution < 1.29 is 4.39 Å². The van der Waals surface area contributed by atoms with Crippen LogP contribution >= 0.6 is 11.3 Å². The Morgan fingerprint density at radius 1 is 1.26 bits per heavy atom. The Kier molecular flexibility index (Phi) is 4.72. The van der Waals surface area contributed by atoms with E-state index in [-0.39, 0.29) is 11.9 Å². The van der Waals surface area contributed by atoms with Crippen molar-refractivity contribution in [2.45, 2.75) is 39.3 Å². The number of hydrogen-bond donors (Lipinski definition) is 1. The van der Waals surface area contributed by atoms with Crippen LogP contribution in [0.3, 0.4) is 0 Å². The van der Waals surface area contributed by atoms with Gasteiger partial charge >= 0.3 is 0 Å². The molecule has 1 aromatic carbocycles. The van der Waals surface area contributed by atoms with Crippen LogP contribution in [-0.2, 0) is 6.42 Å². The van der Waals surface area contributed by atoms with E-state index < -0.39 is 0 Å². The van der Waals surface area contributed by atoms with Crippen LogP contribution in [0.2, 0.25) is 0 Å². The summed E-state index contributed by atoms with van der Waals surface area (Å²) in [6, 6.07) is 10.2. The van der Waals surface area contributed by atoms with Crippen molar-refractivity contribution in [2.75, 3.05) is 0 Å². The Morgan fingerprint density at radius 3 is 2.68 bits per heavy atom. The van der Waals surface area contributed by atoms with Crippen LogP contribution in [-0.4, -0.2) is 6.04 Å². The highest BCUT2D eigenvalue weighted by Gasteiger charge is 2.11. The predicted molar refractivity (Wildman–Crippen MR) is 80.2 cm³/mol. The van der Waals surface area contributed by atoms with Gasteiger partial charge in [-0.2, -0.15) is 0 Å². The molecule has 0 saturated heterocycles. The van der Waals surface area contributed by atoms with Crippen LogP contribution in [0.5, 0.6) is 0 Å². The molecular formula is C16H20FNS. The largest absolute Gasteiger partial charge is 0.307 e. The first-order valence-corrected chi connectivity index (χ1v) is 7.48. The molecule has 1 N–H and O–H groups in total. The van der Waals surface area contributed by atoms with Gasteiger partial charge in [-0.3, -0.25) is 0 Å². The predicted octanol–water partition coefficient (Wildman–Crippen LogP) is 4.48. The van der Waals surface area contributed by atoms with Gasteiger partial charge in [-0.05, 0) is 55.8 Å². The van der Waals surface area contributed by atoms with Gasteiger partial charge in [-0.15, -0.1) is 11.3 Å². The summed E-state index contributed by atoms with van der Waals surface area (Å²) in [5.41, 5.74) is 1.70. The second-order valence-electron chi connectivity index (χ2n) is 5.08. The Morgan fingerprint density at radius 2 is 2.05 bits per heavy atom. The molecule has 2 rings (SSSR count). The summed E-state index contributed by atoms with van der Waals surface area (Å²) in [6.07, 6.45) is 1.01. The molecule has 3 heteroatoms. The number of halogens is 1. The van der Waals surface area contributed by atoms with Gasteiger partial charge in [0.1, 0.15) is 5.82 Å². The van der Waals surface area contributed by atoms with Crippen molar-refractivity contribution in [3.63, 3.8) is 0 Å². The van der Waals surface area contributed by atoms with Crippen molar-refractivity contribution >= 4 is 11.3 Å². The zero-order valence-corrected chi connectivity index (χ0v) is 12.4. The van der Waals surface area contributed by atoms with Crippen LogP contribution in [0.15, 0.2) is 35.7 Å². The number of nitrogens with one attached hydrogen (secondary N) is 1. The third-order valence-corrected chi connectivity index (χ3v) is 4.22. The topological polar surface area (TPSA) is 12.0 Å². The summed E-state index contributed by atoms with van der Waals surface area (Å²) in [7, 11) is 0. The monoisotopic (exact) mass is 277 g/mol. The van der Waals surface area contributed by atoms with Gasteiger partial charge in [-0.25, -0.2) is 4.39 Å². The van der Waals surface area contributed by atoms with Crippen molar-refractivity contribution in [3.05, 3.63) is 57.5 Å². The third kappa shape index (κ3) is 3.88. The molecule has 0 aliphatic carbocycles. The van der Waals surface area contributed by atoms with Crippen molar-refractivity contribution in [3.8, 4) is 0 Å². The summed E-state index contributed by atoms with van der Waals surface area (Å²) in [4.78, 5) is 1.38. The molecule has 1 aromatic heterocycles. The van der Waals surface area contributed by atoms with E-state index in [0.717, 1.165) is 12.0 Å². The maximum Gasteiger partial charge on any atom is 0.126 e. The molecule has 2 unspecified atom stereocenters. The Labute approximate surface area is 118 Å². The van der Waals surface area contributed by atoms with Gasteiger partial charge in [0.2, 0.25) is 0 Å². The average Bonchev–Trinajstić information content (AvgIpc) is 2.85.